The number of benzene rings is 4. The molecule has 0 saturated heterocycles. The first kappa shape index (κ1) is 31.5. The molecule has 0 fully saturated rings. The van der Waals surface area contributed by atoms with Gasteiger partial charge in [-0.05, 0) is 55.8 Å². The Morgan fingerprint density at radius 2 is 1.72 bits per heavy atom. The van der Waals surface area contributed by atoms with Gasteiger partial charge in [-0.3, -0.25) is 14.2 Å². The van der Waals surface area contributed by atoms with E-state index >= 15 is 0 Å². The number of para-hydroxylation sites is 1. The van der Waals surface area contributed by atoms with Crippen LogP contribution in [0.25, 0.3) is 16.8 Å². The van der Waals surface area contributed by atoms with Crippen LogP contribution < -0.4 is 24.4 Å². The maximum Gasteiger partial charge on any atom is 0.271 e. The van der Waals surface area contributed by atoms with E-state index in [1.165, 1.54) is 11.3 Å². The van der Waals surface area contributed by atoms with Crippen molar-refractivity contribution < 1.29 is 14.3 Å². The van der Waals surface area contributed by atoms with Gasteiger partial charge in [0.2, 0.25) is 0 Å². The van der Waals surface area contributed by atoms with Crippen LogP contribution in [0.5, 0.6) is 11.5 Å². The number of ether oxygens (including phenoxy) is 2. The quantitative estimate of drug-likeness (QED) is 0.205. The lowest BCUT2D eigenvalue weighted by Gasteiger charge is -2.30. The SMILES string of the molecule is CCN(CC)C(=O)C1=C(C)N=c2s/c(=C/c3ccccc3OCc3ccccc3C#N)c(=O)n2[C@H]1c1c(OC)ccc2ccccc12. The maximum absolute atomic E-state index is 14.5. The van der Waals surface area contributed by atoms with E-state index in [0.29, 0.717) is 56.3 Å². The highest BCUT2D eigenvalue weighted by atomic mass is 32.1. The van der Waals surface area contributed by atoms with Gasteiger partial charge in [-0.2, -0.15) is 5.26 Å². The molecule has 1 aromatic heterocycles. The standard InChI is InChI=1S/C38H34N4O4S/c1-5-41(6-2)37(44)33-24(3)40-38-42(35(33)34-29-17-11-9-13-25(29)19-20-31(34)45-4)36(43)32(47-38)21-26-14-10-12-18-30(26)46-23-28-16-8-7-15-27(28)22-39/h7-21,35H,5-6,23H2,1-4H3/b32-21+/t35-/m1/s1. The number of carbonyl (C=O) groups excluding carboxylic acids is 1. The van der Waals surface area contributed by atoms with Crippen LogP contribution in [0.3, 0.4) is 0 Å². The minimum atomic E-state index is -0.767. The summed E-state index contributed by atoms with van der Waals surface area (Å²) in [7, 11) is 1.60. The molecular weight excluding hydrogens is 609 g/mol. The van der Waals surface area contributed by atoms with Crippen LogP contribution in [0.15, 0.2) is 106 Å². The predicted molar refractivity (Wildman–Crippen MR) is 184 cm³/mol. The van der Waals surface area contributed by atoms with Gasteiger partial charge in [0, 0.05) is 29.8 Å². The molecule has 0 radical (unpaired) electrons. The summed E-state index contributed by atoms with van der Waals surface area (Å²) in [5, 5.41) is 11.4. The van der Waals surface area contributed by atoms with Crippen molar-refractivity contribution >= 4 is 34.1 Å². The van der Waals surface area contributed by atoms with Gasteiger partial charge in [0.25, 0.3) is 11.5 Å². The van der Waals surface area contributed by atoms with Crippen LogP contribution in [0, 0.1) is 11.3 Å². The third-order valence-electron chi connectivity index (χ3n) is 8.45. The topological polar surface area (TPSA) is 96.9 Å². The van der Waals surface area contributed by atoms with Gasteiger partial charge >= 0.3 is 0 Å². The van der Waals surface area contributed by atoms with Gasteiger partial charge in [0.15, 0.2) is 4.80 Å². The second kappa shape index (κ2) is 13.5. The molecule has 0 N–H and O–H groups in total. The third-order valence-corrected chi connectivity index (χ3v) is 9.44. The largest absolute Gasteiger partial charge is 0.496 e. The molecular formula is C38H34N4O4S. The average Bonchev–Trinajstić information content (AvgIpc) is 3.40. The number of aromatic nitrogens is 1. The Morgan fingerprint density at radius 3 is 2.49 bits per heavy atom. The van der Waals surface area contributed by atoms with E-state index in [4.69, 9.17) is 14.5 Å². The van der Waals surface area contributed by atoms with Crippen molar-refractivity contribution in [3.63, 3.8) is 0 Å². The van der Waals surface area contributed by atoms with Gasteiger partial charge in [-0.15, -0.1) is 0 Å². The molecule has 9 heteroatoms. The molecule has 1 atom stereocenters. The predicted octanol–water partition coefficient (Wildman–Crippen LogP) is 5.72. The normalized spacial score (nSPS) is 14.4. The average molecular weight is 643 g/mol. The highest BCUT2D eigenvalue weighted by Crippen LogP contribution is 2.40. The van der Waals surface area contributed by atoms with Crippen molar-refractivity contribution in [2.75, 3.05) is 20.2 Å². The molecule has 5 aromatic rings. The van der Waals surface area contributed by atoms with Crippen LogP contribution in [-0.2, 0) is 11.4 Å². The van der Waals surface area contributed by atoms with Crippen molar-refractivity contribution in [2.45, 2.75) is 33.4 Å². The third kappa shape index (κ3) is 5.84. The van der Waals surface area contributed by atoms with Gasteiger partial charge < -0.3 is 14.4 Å². The van der Waals surface area contributed by atoms with Crippen molar-refractivity contribution in [3.05, 3.63) is 138 Å². The summed E-state index contributed by atoms with van der Waals surface area (Å²) in [6.07, 6.45) is 1.80. The Bertz CT molecular complexity index is 2260. The number of likely N-dealkylation sites (N-methyl/N-ethyl adjacent to an activating group) is 1. The van der Waals surface area contributed by atoms with Crippen molar-refractivity contribution in [1.82, 2.24) is 9.47 Å². The molecule has 47 heavy (non-hydrogen) atoms. The summed E-state index contributed by atoms with van der Waals surface area (Å²) in [6.45, 7) is 6.96. The number of amides is 1. The lowest BCUT2D eigenvalue weighted by atomic mass is 9.90. The van der Waals surface area contributed by atoms with E-state index in [2.05, 4.69) is 6.07 Å². The molecule has 4 aromatic carbocycles. The number of fused-ring (bicyclic) bond motifs is 2. The number of nitriles is 1. The lowest BCUT2D eigenvalue weighted by Crippen LogP contribution is -2.43. The van der Waals surface area contributed by atoms with E-state index in [0.717, 1.165) is 21.9 Å². The Hall–Kier alpha value is -5.46. The zero-order valence-corrected chi connectivity index (χ0v) is 27.5. The minimum absolute atomic E-state index is 0.165. The number of allylic oxidation sites excluding steroid dienone is 1. The first-order chi connectivity index (χ1) is 22.9. The molecule has 1 aliphatic heterocycles. The van der Waals surface area contributed by atoms with Crippen LogP contribution >= 0.6 is 11.3 Å². The monoisotopic (exact) mass is 642 g/mol. The summed E-state index contributed by atoms with van der Waals surface area (Å²) in [6, 6.07) is 28.0. The number of carbonyl (C=O) groups is 1. The second-order valence-corrected chi connectivity index (χ2v) is 12.1. The molecule has 0 spiro atoms. The van der Waals surface area contributed by atoms with E-state index in [9.17, 15) is 14.9 Å². The molecule has 0 saturated carbocycles. The number of methoxy groups -OCH3 is 1. The Morgan fingerprint density at radius 1 is 1.00 bits per heavy atom. The first-order valence-corrected chi connectivity index (χ1v) is 16.3. The molecule has 0 aliphatic carbocycles. The smallest absolute Gasteiger partial charge is 0.271 e. The second-order valence-electron chi connectivity index (χ2n) is 11.1. The van der Waals surface area contributed by atoms with Crippen LogP contribution in [0.4, 0.5) is 0 Å². The van der Waals surface area contributed by atoms with Gasteiger partial charge in [0.05, 0.1) is 34.5 Å². The molecule has 1 amide bonds. The fourth-order valence-electron chi connectivity index (χ4n) is 6.07. The van der Waals surface area contributed by atoms with Crippen LogP contribution in [0.1, 0.15) is 49.1 Å². The molecule has 236 valence electrons. The van der Waals surface area contributed by atoms with Crippen molar-refractivity contribution in [1.29, 1.82) is 5.26 Å². The van der Waals surface area contributed by atoms with E-state index in [1.807, 2.05) is 99.6 Å². The molecule has 1 aliphatic rings. The van der Waals surface area contributed by atoms with Gasteiger partial charge in [-0.1, -0.05) is 78.1 Å². The van der Waals surface area contributed by atoms with E-state index in [-0.39, 0.29) is 18.1 Å². The van der Waals surface area contributed by atoms with Crippen molar-refractivity contribution in [2.24, 2.45) is 4.99 Å². The zero-order valence-electron chi connectivity index (χ0n) is 26.7. The number of nitrogens with zero attached hydrogens (tertiary/aromatic N) is 4. The van der Waals surface area contributed by atoms with Gasteiger partial charge in [0.1, 0.15) is 24.1 Å². The Balaban J connectivity index is 1.54. The minimum Gasteiger partial charge on any atom is -0.496 e. The highest BCUT2D eigenvalue weighted by molar-refractivity contribution is 7.07. The zero-order chi connectivity index (χ0) is 33.1. The summed E-state index contributed by atoms with van der Waals surface area (Å²) in [4.78, 5) is 35.8. The maximum atomic E-state index is 14.5. The van der Waals surface area contributed by atoms with Crippen LogP contribution in [0.2, 0.25) is 0 Å². The molecule has 2 heterocycles. The Labute approximate surface area is 276 Å². The van der Waals surface area contributed by atoms with E-state index in [1.54, 1.807) is 28.7 Å². The lowest BCUT2D eigenvalue weighted by molar-refractivity contribution is -0.127. The number of thiazole rings is 1. The molecule has 0 bridgehead atoms. The number of hydrogen-bond acceptors (Lipinski definition) is 7. The fourth-order valence-corrected chi connectivity index (χ4v) is 7.11. The number of rotatable bonds is 9. The van der Waals surface area contributed by atoms with Crippen molar-refractivity contribution in [3.8, 4) is 17.6 Å². The summed E-state index contributed by atoms with van der Waals surface area (Å²) < 4.78 is 14.2. The molecule has 0 unspecified atom stereocenters. The fraction of sp³-hybridized carbons (Fsp3) is 0.211. The Kier molecular flexibility index (Phi) is 9.05. The summed E-state index contributed by atoms with van der Waals surface area (Å²) >= 11 is 1.27. The molecule has 8 nitrogen and oxygen atoms in total. The van der Waals surface area contributed by atoms with Gasteiger partial charge in [-0.25, -0.2) is 4.99 Å². The van der Waals surface area contributed by atoms with E-state index < -0.39 is 6.04 Å². The summed E-state index contributed by atoms with van der Waals surface area (Å²) in [5.74, 6) is 0.994. The number of hydrogen-bond donors (Lipinski definition) is 0. The highest BCUT2D eigenvalue weighted by Gasteiger charge is 2.36. The molecule has 6 rings (SSSR count). The summed E-state index contributed by atoms with van der Waals surface area (Å²) in [5.41, 5.74) is 3.51. The van der Waals surface area contributed by atoms with Crippen LogP contribution in [-0.4, -0.2) is 35.6 Å². The first-order valence-electron chi connectivity index (χ1n) is 15.5.